The van der Waals surface area contributed by atoms with E-state index in [1.165, 1.54) is 17.5 Å². The van der Waals surface area contributed by atoms with Crippen LogP contribution in [0.15, 0.2) is 24.3 Å². The number of hydrogen-bond acceptors (Lipinski definition) is 3. The van der Waals surface area contributed by atoms with Gasteiger partial charge in [0.1, 0.15) is 6.07 Å². The lowest BCUT2D eigenvalue weighted by atomic mass is 9.82. The summed E-state index contributed by atoms with van der Waals surface area (Å²) in [5.41, 5.74) is 4.07. The van der Waals surface area contributed by atoms with Gasteiger partial charge in [0.25, 0.3) is 0 Å². The van der Waals surface area contributed by atoms with Gasteiger partial charge in [0.05, 0.1) is 12.2 Å². The molecule has 1 aliphatic carbocycles. The van der Waals surface area contributed by atoms with Gasteiger partial charge in [-0.1, -0.05) is 49.7 Å². The van der Waals surface area contributed by atoms with Crippen LogP contribution in [0.3, 0.4) is 0 Å². The van der Waals surface area contributed by atoms with Crippen molar-refractivity contribution in [3.63, 3.8) is 0 Å². The fourth-order valence-electron chi connectivity index (χ4n) is 2.78. The second kappa shape index (κ2) is 5.69. The van der Waals surface area contributed by atoms with E-state index in [0.29, 0.717) is 24.1 Å². The molecule has 1 saturated carbocycles. The van der Waals surface area contributed by atoms with E-state index in [4.69, 9.17) is 0 Å². The Balaban J connectivity index is 1.84. The van der Waals surface area contributed by atoms with E-state index >= 15 is 0 Å². The fourth-order valence-corrected chi connectivity index (χ4v) is 2.78. The molecule has 4 heteroatoms. The minimum Gasteiger partial charge on any atom is -0.243 e. The predicted octanol–water partition coefficient (Wildman–Crippen LogP) is 3.59. The summed E-state index contributed by atoms with van der Waals surface area (Å²) in [7, 11) is 0. The molecular weight excluding hydrogens is 260 g/mol. The van der Waals surface area contributed by atoms with Crippen LogP contribution in [0.2, 0.25) is 0 Å². The minimum absolute atomic E-state index is 0.463. The van der Waals surface area contributed by atoms with E-state index in [1.807, 2.05) is 4.68 Å². The standard InChI is InChI=1S/C17H20N4/c1-12(2)14-8-6-13(7-9-14)11-21-17(15-4-3-5-15)16(10-18)19-20-21/h6-9,12,15H,3-5,11H2,1-2H3. The first-order chi connectivity index (χ1) is 10.2. The molecule has 3 rings (SSSR count). The third-order valence-corrected chi connectivity index (χ3v) is 4.35. The van der Waals surface area contributed by atoms with Crippen LogP contribution in [0.4, 0.5) is 0 Å². The molecule has 0 N–H and O–H groups in total. The zero-order valence-corrected chi connectivity index (χ0v) is 12.6. The third-order valence-electron chi connectivity index (χ3n) is 4.35. The average molecular weight is 280 g/mol. The molecule has 2 aromatic rings. The van der Waals surface area contributed by atoms with E-state index in [9.17, 15) is 5.26 Å². The van der Waals surface area contributed by atoms with Crippen molar-refractivity contribution in [1.82, 2.24) is 15.0 Å². The van der Waals surface area contributed by atoms with Crippen molar-refractivity contribution in [2.75, 3.05) is 0 Å². The lowest BCUT2D eigenvalue weighted by Gasteiger charge is -2.25. The van der Waals surface area contributed by atoms with E-state index < -0.39 is 0 Å². The third kappa shape index (κ3) is 2.69. The summed E-state index contributed by atoms with van der Waals surface area (Å²) in [6.45, 7) is 5.08. The zero-order chi connectivity index (χ0) is 14.8. The molecule has 0 saturated heterocycles. The van der Waals surface area contributed by atoms with E-state index in [0.717, 1.165) is 18.5 Å². The lowest BCUT2D eigenvalue weighted by molar-refractivity contribution is 0.391. The summed E-state index contributed by atoms with van der Waals surface area (Å²) < 4.78 is 1.91. The molecule has 0 radical (unpaired) electrons. The number of nitriles is 1. The lowest BCUT2D eigenvalue weighted by Crippen LogP contribution is -2.17. The second-order valence-electron chi connectivity index (χ2n) is 6.12. The quantitative estimate of drug-likeness (QED) is 0.860. The first-order valence-electron chi connectivity index (χ1n) is 7.61. The summed E-state index contributed by atoms with van der Waals surface area (Å²) in [5.74, 6) is 1.01. The van der Waals surface area contributed by atoms with Crippen molar-refractivity contribution < 1.29 is 0 Å². The molecule has 1 aromatic carbocycles. The normalized spacial score (nSPS) is 15.0. The molecule has 1 aliphatic rings. The highest BCUT2D eigenvalue weighted by Crippen LogP contribution is 2.37. The Hall–Kier alpha value is -2.15. The SMILES string of the molecule is CC(C)c1ccc(Cn2nnc(C#N)c2C2CCC2)cc1. The van der Waals surface area contributed by atoms with Crippen LogP contribution in [0, 0.1) is 11.3 Å². The highest BCUT2D eigenvalue weighted by atomic mass is 15.4. The number of rotatable bonds is 4. The van der Waals surface area contributed by atoms with Crippen LogP contribution in [0.1, 0.15) is 67.5 Å². The molecule has 0 amide bonds. The van der Waals surface area contributed by atoms with Gasteiger partial charge in [0.15, 0.2) is 5.69 Å². The predicted molar refractivity (Wildman–Crippen MR) is 81.0 cm³/mol. The zero-order valence-electron chi connectivity index (χ0n) is 12.6. The molecule has 0 spiro atoms. The molecule has 21 heavy (non-hydrogen) atoms. The van der Waals surface area contributed by atoms with Crippen molar-refractivity contribution in [3.05, 3.63) is 46.8 Å². The van der Waals surface area contributed by atoms with Crippen molar-refractivity contribution in [3.8, 4) is 6.07 Å². The highest BCUT2D eigenvalue weighted by molar-refractivity contribution is 5.30. The molecule has 1 heterocycles. The highest BCUT2D eigenvalue weighted by Gasteiger charge is 2.27. The first kappa shape index (κ1) is 13.8. The fraction of sp³-hybridized carbons (Fsp3) is 0.471. The van der Waals surface area contributed by atoms with Crippen LogP contribution in [0.25, 0.3) is 0 Å². The molecular formula is C17H20N4. The molecule has 0 bridgehead atoms. The topological polar surface area (TPSA) is 54.5 Å². The summed E-state index contributed by atoms with van der Waals surface area (Å²) in [5, 5.41) is 17.4. The van der Waals surface area contributed by atoms with E-state index in [-0.39, 0.29) is 0 Å². The second-order valence-corrected chi connectivity index (χ2v) is 6.12. The van der Waals surface area contributed by atoms with Crippen molar-refractivity contribution >= 4 is 0 Å². The Bertz CT molecular complexity index is 657. The smallest absolute Gasteiger partial charge is 0.186 e. The molecule has 108 valence electrons. The van der Waals surface area contributed by atoms with Gasteiger partial charge in [-0.25, -0.2) is 4.68 Å². The Morgan fingerprint density at radius 3 is 2.52 bits per heavy atom. The summed E-state index contributed by atoms with van der Waals surface area (Å²) in [6.07, 6.45) is 3.53. The van der Waals surface area contributed by atoms with Gasteiger partial charge in [-0.05, 0) is 29.9 Å². The van der Waals surface area contributed by atoms with Crippen LogP contribution in [-0.4, -0.2) is 15.0 Å². The molecule has 0 aliphatic heterocycles. The summed E-state index contributed by atoms with van der Waals surface area (Å²) in [6, 6.07) is 10.8. The monoisotopic (exact) mass is 280 g/mol. The van der Waals surface area contributed by atoms with Gasteiger partial charge in [0, 0.05) is 5.92 Å². The number of benzene rings is 1. The number of hydrogen-bond donors (Lipinski definition) is 0. The number of nitrogens with zero attached hydrogens (tertiary/aromatic N) is 4. The van der Waals surface area contributed by atoms with E-state index in [2.05, 4.69) is 54.5 Å². The van der Waals surface area contributed by atoms with Crippen molar-refractivity contribution in [2.45, 2.75) is 51.5 Å². The Morgan fingerprint density at radius 2 is 2.00 bits per heavy atom. The Labute approximate surface area is 125 Å². The molecule has 0 unspecified atom stereocenters. The van der Waals surface area contributed by atoms with Crippen LogP contribution in [-0.2, 0) is 6.54 Å². The van der Waals surface area contributed by atoms with Crippen molar-refractivity contribution in [1.29, 1.82) is 5.26 Å². The van der Waals surface area contributed by atoms with Gasteiger partial charge in [-0.15, -0.1) is 5.10 Å². The van der Waals surface area contributed by atoms with Gasteiger partial charge >= 0.3 is 0 Å². The van der Waals surface area contributed by atoms with Gasteiger partial charge < -0.3 is 0 Å². The maximum Gasteiger partial charge on any atom is 0.186 e. The molecule has 4 nitrogen and oxygen atoms in total. The Kier molecular flexibility index (Phi) is 3.74. The largest absolute Gasteiger partial charge is 0.243 e. The molecule has 1 fully saturated rings. The van der Waals surface area contributed by atoms with E-state index in [1.54, 1.807) is 0 Å². The van der Waals surface area contributed by atoms with Crippen molar-refractivity contribution in [2.24, 2.45) is 0 Å². The van der Waals surface area contributed by atoms with Crippen LogP contribution < -0.4 is 0 Å². The molecule has 0 atom stereocenters. The minimum atomic E-state index is 0.463. The van der Waals surface area contributed by atoms with Gasteiger partial charge in [-0.2, -0.15) is 5.26 Å². The summed E-state index contributed by atoms with van der Waals surface area (Å²) in [4.78, 5) is 0. The van der Waals surface area contributed by atoms with Gasteiger partial charge in [0.2, 0.25) is 0 Å². The van der Waals surface area contributed by atoms with Crippen LogP contribution in [0.5, 0.6) is 0 Å². The maximum atomic E-state index is 9.20. The average Bonchev–Trinajstić information content (AvgIpc) is 2.80. The van der Waals surface area contributed by atoms with Gasteiger partial charge in [-0.3, -0.25) is 0 Å². The maximum absolute atomic E-state index is 9.20. The number of aromatic nitrogens is 3. The molecule has 1 aromatic heterocycles. The first-order valence-corrected chi connectivity index (χ1v) is 7.61. The van der Waals surface area contributed by atoms with Crippen LogP contribution >= 0.6 is 0 Å². The summed E-state index contributed by atoms with van der Waals surface area (Å²) >= 11 is 0. The Morgan fingerprint density at radius 1 is 1.29 bits per heavy atom.